The SMILES string of the molecule is COCC1(O)C23C(O)CCC2C=CC2CC1(C)C(C)(C)C23. The van der Waals surface area contributed by atoms with E-state index in [4.69, 9.17) is 4.74 Å². The fourth-order valence-electron chi connectivity index (χ4n) is 7.41. The smallest absolute Gasteiger partial charge is 0.103 e. The Kier molecular flexibility index (Phi) is 2.54. The van der Waals surface area contributed by atoms with Crippen LogP contribution < -0.4 is 0 Å². The lowest BCUT2D eigenvalue weighted by molar-refractivity contribution is -0.232. The van der Waals surface area contributed by atoms with E-state index in [9.17, 15) is 10.2 Å². The lowest BCUT2D eigenvalue weighted by Crippen LogP contribution is -2.66. The van der Waals surface area contributed by atoms with Gasteiger partial charge in [-0.15, -0.1) is 0 Å². The van der Waals surface area contributed by atoms with Gasteiger partial charge in [0.05, 0.1) is 12.7 Å². The first-order valence-electron chi connectivity index (χ1n) is 8.35. The Balaban J connectivity index is 2.02. The molecule has 7 unspecified atom stereocenters. The van der Waals surface area contributed by atoms with Gasteiger partial charge in [0.2, 0.25) is 0 Å². The van der Waals surface area contributed by atoms with Gasteiger partial charge in [0.15, 0.2) is 0 Å². The van der Waals surface area contributed by atoms with E-state index in [0.717, 1.165) is 19.3 Å². The predicted octanol–water partition coefficient (Wildman–Crippen LogP) is 2.37. The number of hydrogen-bond donors (Lipinski definition) is 2. The van der Waals surface area contributed by atoms with Gasteiger partial charge in [-0.25, -0.2) is 0 Å². The van der Waals surface area contributed by atoms with Gasteiger partial charge < -0.3 is 14.9 Å². The number of aliphatic hydroxyl groups is 2. The van der Waals surface area contributed by atoms with Crippen LogP contribution in [0.2, 0.25) is 0 Å². The van der Waals surface area contributed by atoms with E-state index in [1.54, 1.807) is 7.11 Å². The highest BCUT2D eigenvalue weighted by Crippen LogP contribution is 2.83. The number of ether oxygens (including phenoxy) is 1. The van der Waals surface area contributed by atoms with Crippen LogP contribution in [-0.2, 0) is 4.74 Å². The fraction of sp³-hybridized carbons (Fsp3) is 0.889. The summed E-state index contributed by atoms with van der Waals surface area (Å²) in [6.45, 7) is 7.16. The van der Waals surface area contributed by atoms with Crippen molar-refractivity contribution in [1.29, 1.82) is 0 Å². The average molecular weight is 292 g/mol. The van der Waals surface area contributed by atoms with Crippen molar-refractivity contribution in [3.05, 3.63) is 12.2 Å². The molecule has 4 rings (SSSR count). The van der Waals surface area contributed by atoms with Crippen molar-refractivity contribution in [3.63, 3.8) is 0 Å². The summed E-state index contributed by atoms with van der Waals surface area (Å²) in [5.74, 6) is 1.13. The molecule has 0 heterocycles. The minimum absolute atomic E-state index is 0.0132. The van der Waals surface area contributed by atoms with Crippen molar-refractivity contribution < 1.29 is 14.9 Å². The van der Waals surface area contributed by atoms with Crippen LogP contribution in [0.25, 0.3) is 0 Å². The van der Waals surface area contributed by atoms with Crippen LogP contribution in [0.3, 0.4) is 0 Å². The summed E-state index contributed by atoms with van der Waals surface area (Å²) >= 11 is 0. The summed E-state index contributed by atoms with van der Waals surface area (Å²) < 4.78 is 5.50. The highest BCUT2D eigenvalue weighted by molar-refractivity contribution is 5.38. The maximum Gasteiger partial charge on any atom is 0.103 e. The molecule has 0 aromatic rings. The minimum atomic E-state index is -0.940. The summed E-state index contributed by atoms with van der Waals surface area (Å²) in [7, 11) is 1.67. The van der Waals surface area contributed by atoms with Gasteiger partial charge in [0, 0.05) is 17.9 Å². The first kappa shape index (κ1) is 14.2. The Labute approximate surface area is 127 Å². The third kappa shape index (κ3) is 1.12. The lowest BCUT2D eigenvalue weighted by Gasteiger charge is -2.58. The average Bonchev–Trinajstić information content (AvgIpc) is 2.88. The van der Waals surface area contributed by atoms with Crippen molar-refractivity contribution in [3.8, 4) is 0 Å². The molecule has 1 spiro atoms. The quantitative estimate of drug-likeness (QED) is 0.768. The van der Waals surface area contributed by atoms with E-state index in [-0.39, 0.29) is 16.7 Å². The zero-order valence-corrected chi connectivity index (χ0v) is 13.6. The molecule has 4 aliphatic rings. The number of methoxy groups -OCH3 is 1. The molecule has 3 saturated carbocycles. The number of aliphatic hydroxyl groups excluding tert-OH is 1. The molecule has 3 nitrogen and oxygen atoms in total. The van der Waals surface area contributed by atoms with Gasteiger partial charge in [0.1, 0.15) is 5.60 Å². The van der Waals surface area contributed by atoms with Gasteiger partial charge in [-0.05, 0) is 42.4 Å². The highest BCUT2D eigenvalue weighted by atomic mass is 16.5. The van der Waals surface area contributed by atoms with Crippen LogP contribution in [0.15, 0.2) is 12.2 Å². The Bertz CT molecular complexity index is 513. The minimum Gasteiger partial charge on any atom is -0.392 e. The summed E-state index contributed by atoms with van der Waals surface area (Å²) in [6, 6.07) is 0. The molecule has 3 fully saturated rings. The molecular weight excluding hydrogens is 264 g/mol. The third-order valence-electron chi connectivity index (χ3n) is 8.28. The molecule has 118 valence electrons. The molecule has 4 aliphatic carbocycles. The van der Waals surface area contributed by atoms with Gasteiger partial charge >= 0.3 is 0 Å². The largest absolute Gasteiger partial charge is 0.392 e. The van der Waals surface area contributed by atoms with Crippen LogP contribution in [0, 0.1) is 34.0 Å². The molecule has 0 aromatic heterocycles. The lowest BCUT2D eigenvalue weighted by atomic mass is 9.49. The van der Waals surface area contributed by atoms with Gasteiger partial charge in [-0.3, -0.25) is 0 Å². The number of allylic oxidation sites excluding steroid dienone is 2. The molecule has 7 atom stereocenters. The van der Waals surface area contributed by atoms with Crippen LogP contribution in [0.5, 0.6) is 0 Å². The standard InChI is InChI=1S/C18H28O3/c1-15(2)14-11-5-6-12-7-8-13(19)18(12,14)17(20,10-21-4)16(15,3)9-11/h5-6,11-14,19-20H,7-10H2,1-4H3. The molecular formula is C18H28O3. The van der Waals surface area contributed by atoms with Crippen LogP contribution in [0.4, 0.5) is 0 Å². The van der Waals surface area contributed by atoms with Crippen molar-refractivity contribution in [2.75, 3.05) is 13.7 Å². The second-order valence-electron chi connectivity index (χ2n) is 8.71. The number of rotatable bonds is 2. The van der Waals surface area contributed by atoms with E-state index >= 15 is 0 Å². The molecule has 2 bridgehead atoms. The van der Waals surface area contributed by atoms with E-state index in [0.29, 0.717) is 18.4 Å². The fourth-order valence-corrected chi connectivity index (χ4v) is 7.41. The predicted molar refractivity (Wildman–Crippen MR) is 80.6 cm³/mol. The summed E-state index contributed by atoms with van der Waals surface area (Å²) in [5, 5.41) is 22.9. The molecule has 21 heavy (non-hydrogen) atoms. The van der Waals surface area contributed by atoms with E-state index in [1.165, 1.54) is 0 Å². The van der Waals surface area contributed by atoms with Gasteiger partial charge in [-0.1, -0.05) is 32.9 Å². The van der Waals surface area contributed by atoms with Crippen LogP contribution in [-0.4, -0.2) is 35.6 Å². The Morgan fingerprint density at radius 2 is 1.90 bits per heavy atom. The monoisotopic (exact) mass is 292 g/mol. The maximum atomic E-state index is 11.9. The van der Waals surface area contributed by atoms with E-state index in [1.807, 2.05) is 0 Å². The summed E-state index contributed by atoms with van der Waals surface area (Å²) in [5.41, 5.74) is -1.55. The van der Waals surface area contributed by atoms with Gasteiger partial charge in [0.25, 0.3) is 0 Å². The second-order valence-corrected chi connectivity index (χ2v) is 8.71. The Morgan fingerprint density at radius 1 is 1.19 bits per heavy atom. The highest BCUT2D eigenvalue weighted by Gasteiger charge is 2.85. The summed E-state index contributed by atoms with van der Waals surface area (Å²) in [4.78, 5) is 0. The number of fused-ring (bicyclic) bond motifs is 1. The second kappa shape index (κ2) is 3.74. The zero-order chi connectivity index (χ0) is 15.3. The van der Waals surface area contributed by atoms with E-state index in [2.05, 4.69) is 32.9 Å². The molecule has 0 saturated heterocycles. The first-order valence-corrected chi connectivity index (χ1v) is 8.35. The maximum absolute atomic E-state index is 11.9. The Morgan fingerprint density at radius 3 is 2.57 bits per heavy atom. The van der Waals surface area contributed by atoms with E-state index < -0.39 is 17.1 Å². The molecule has 2 N–H and O–H groups in total. The van der Waals surface area contributed by atoms with Crippen molar-refractivity contribution in [2.45, 2.75) is 51.7 Å². The first-order chi connectivity index (χ1) is 9.77. The molecule has 0 aromatic carbocycles. The zero-order valence-electron chi connectivity index (χ0n) is 13.6. The molecule has 3 heteroatoms. The van der Waals surface area contributed by atoms with Crippen molar-refractivity contribution in [1.82, 2.24) is 0 Å². The molecule has 0 aliphatic heterocycles. The Hall–Kier alpha value is -0.380. The normalized spacial score (nSPS) is 59.5. The molecule has 0 amide bonds. The van der Waals surface area contributed by atoms with Crippen LogP contribution in [0.1, 0.15) is 40.0 Å². The van der Waals surface area contributed by atoms with Crippen LogP contribution >= 0.6 is 0 Å². The van der Waals surface area contributed by atoms with Crippen molar-refractivity contribution in [2.24, 2.45) is 34.0 Å². The van der Waals surface area contributed by atoms with Gasteiger partial charge in [-0.2, -0.15) is 0 Å². The topological polar surface area (TPSA) is 49.7 Å². The third-order valence-corrected chi connectivity index (χ3v) is 8.28. The molecule has 0 radical (unpaired) electrons. The summed E-state index contributed by atoms with van der Waals surface area (Å²) in [6.07, 6.45) is 7.04. The number of hydrogen-bond acceptors (Lipinski definition) is 3. The van der Waals surface area contributed by atoms with Crippen molar-refractivity contribution >= 4 is 0 Å².